The predicted octanol–water partition coefficient (Wildman–Crippen LogP) is 2.19. The Balaban J connectivity index is 2.34. The number of halogens is 3. The Hall–Kier alpha value is -2.26. The van der Waals surface area contributed by atoms with Gasteiger partial charge in [0.1, 0.15) is 5.82 Å². The van der Waals surface area contributed by atoms with Crippen molar-refractivity contribution < 1.29 is 21.6 Å². The first-order chi connectivity index (χ1) is 9.83. The van der Waals surface area contributed by atoms with Crippen molar-refractivity contribution in [2.45, 2.75) is 4.90 Å². The standard InChI is InChI=1S/C12H10F3N3O2S/c13-9-5-11(15)12(6-10(9)14)18-21(19,20)8-3-1-7(17-16)2-4-8/h1-6,17-18H,16H2. The molecule has 0 aliphatic rings. The molecule has 112 valence electrons. The Morgan fingerprint density at radius 1 is 0.905 bits per heavy atom. The Morgan fingerprint density at radius 3 is 2.05 bits per heavy atom. The lowest BCUT2D eigenvalue weighted by Gasteiger charge is -2.10. The van der Waals surface area contributed by atoms with Crippen molar-refractivity contribution in [1.29, 1.82) is 0 Å². The van der Waals surface area contributed by atoms with Gasteiger partial charge in [-0.3, -0.25) is 10.6 Å². The van der Waals surface area contributed by atoms with E-state index in [9.17, 15) is 21.6 Å². The summed E-state index contributed by atoms with van der Waals surface area (Å²) in [5, 5.41) is 0. The molecule has 0 aliphatic heterocycles. The second-order valence-electron chi connectivity index (χ2n) is 4.02. The third-order valence-electron chi connectivity index (χ3n) is 2.59. The van der Waals surface area contributed by atoms with Gasteiger partial charge in [0.25, 0.3) is 10.0 Å². The number of benzene rings is 2. The number of hydrogen-bond acceptors (Lipinski definition) is 4. The van der Waals surface area contributed by atoms with Crippen LogP contribution in [0.3, 0.4) is 0 Å². The summed E-state index contributed by atoms with van der Waals surface area (Å²) in [4.78, 5) is -0.189. The van der Waals surface area contributed by atoms with Crippen LogP contribution >= 0.6 is 0 Å². The summed E-state index contributed by atoms with van der Waals surface area (Å²) >= 11 is 0. The molecule has 2 aromatic carbocycles. The summed E-state index contributed by atoms with van der Waals surface area (Å²) < 4.78 is 65.1. The van der Waals surface area contributed by atoms with E-state index in [1.165, 1.54) is 24.3 Å². The van der Waals surface area contributed by atoms with Crippen molar-refractivity contribution in [1.82, 2.24) is 0 Å². The zero-order chi connectivity index (χ0) is 15.6. The SMILES string of the molecule is NNc1ccc(S(=O)(=O)Nc2cc(F)c(F)cc2F)cc1. The smallest absolute Gasteiger partial charge is 0.261 e. The van der Waals surface area contributed by atoms with Gasteiger partial charge in [-0.15, -0.1) is 0 Å². The molecule has 0 amide bonds. The normalized spacial score (nSPS) is 11.2. The third-order valence-corrected chi connectivity index (χ3v) is 3.97. The Labute approximate surface area is 118 Å². The van der Waals surface area contributed by atoms with E-state index in [0.717, 1.165) is 0 Å². The Kier molecular flexibility index (Phi) is 4.05. The number of anilines is 2. The number of nitrogens with two attached hydrogens (primary N) is 1. The third kappa shape index (κ3) is 3.26. The Morgan fingerprint density at radius 2 is 1.48 bits per heavy atom. The maximum absolute atomic E-state index is 13.4. The fourth-order valence-electron chi connectivity index (χ4n) is 1.53. The van der Waals surface area contributed by atoms with E-state index in [-0.39, 0.29) is 11.0 Å². The lowest BCUT2D eigenvalue weighted by Crippen LogP contribution is -2.15. The molecule has 0 bridgehead atoms. The molecule has 0 saturated heterocycles. The number of nitrogens with one attached hydrogen (secondary N) is 2. The first-order valence-electron chi connectivity index (χ1n) is 5.57. The van der Waals surface area contributed by atoms with E-state index in [1.54, 1.807) is 0 Å². The molecule has 0 aromatic heterocycles. The van der Waals surface area contributed by atoms with Gasteiger partial charge in [-0.1, -0.05) is 0 Å². The summed E-state index contributed by atoms with van der Waals surface area (Å²) in [6.07, 6.45) is 0. The highest BCUT2D eigenvalue weighted by Gasteiger charge is 2.18. The molecule has 0 unspecified atom stereocenters. The average Bonchev–Trinajstić information content (AvgIpc) is 2.44. The van der Waals surface area contributed by atoms with Crippen LogP contribution in [0, 0.1) is 17.5 Å². The summed E-state index contributed by atoms with van der Waals surface area (Å²) in [6, 6.07) is 5.89. The van der Waals surface area contributed by atoms with E-state index in [1.807, 2.05) is 4.72 Å². The molecule has 2 rings (SSSR count). The van der Waals surface area contributed by atoms with Crippen LogP contribution in [0.4, 0.5) is 24.5 Å². The molecular weight excluding hydrogens is 307 g/mol. The first-order valence-corrected chi connectivity index (χ1v) is 7.06. The summed E-state index contributed by atoms with van der Waals surface area (Å²) in [7, 11) is -4.14. The largest absolute Gasteiger partial charge is 0.324 e. The minimum atomic E-state index is -4.14. The van der Waals surface area contributed by atoms with E-state index in [4.69, 9.17) is 5.84 Å². The number of hydrazine groups is 1. The van der Waals surface area contributed by atoms with Crippen molar-refractivity contribution in [2.24, 2.45) is 5.84 Å². The maximum atomic E-state index is 13.4. The van der Waals surface area contributed by atoms with Crippen LogP contribution in [0.2, 0.25) is 0 Å². The zero-order valence-electron chi connectivity index (χ0n) is 10.4. The van der Waals surface area contributed by atoms with Gasteiger partial charge in [-0.25, -0.2) is 21.6 Å². The van der Waals surface area contributed by atoms with Crippen LogP contribution in [0.15, 0.2) is 41.3 Å². The minimum absolute atomic E-state index is 0.189. The van der Waals surface area contributed by atoms with Crippen LogP contribution in [-0.4, -0.2) is 8.42 Å². The highest BCUT2D eigenvalue weighted by Crippen LogP contribution is 2.22. The lowest BCUT2D eigenvalue weighted by atomic mass is 10.3. The van der Waals surface area contributed by atoms with E-state index < -0.39 is 33.2 Å². The molecule has 0 atom stereocenters. The molecular formula is C12H10F3N3O2S. The summed E-state index contributed by atoms with van der Waals surface area (Å²) in [6.45, 7) is 0. The lowest BCUT2D eigenvalue weighted by molar-refractivity contribution is 0.496. The highest BCUT2D eigenvalue weighted by atomic mass is 32.2. The monoisotopic (exact) mass is 317 g/mol. The fraction of sp³-hybridized carbons (Fsp3) is 0. The molecule has 4 N–H and O–H groups in total. The molecule has 21 heavy (non-hydrogen) atoms. The van der Waals surface area contributed by atoms with Gasteiger partial charge in [0.2, 0.25) is 0 Å². The molecule has 5 nitrogen and oxygen atoms in total. The minimum Gasteiger partial charge on any atom is -0.324 e. The van der Waals surface area contributed by atoms with Crippen LogP contribution < -0.4 is 16.0 Å². The summed E-state index contributed by atoms with van der Waals surface area (Å²) in [5.41, 5.74) is 2.09. The van der Waals surface area contributed by atoms with Gasteiger partial charge in [0, 0.05) is 17.8 Å². The van der Waals surface area contributed by atoms with Gasteiger partial charge in [0.05, 0.1) is 10.6 Å². The van der Waals surface area contributed by atoms with Crippen molar-refractivity contribution in [2.75, 3.05) is 10.1 Å². The molecule has 0 saturated carbocycles. The molecule has 0 fully saturated rings. The molecule has 9 heteroatoms. The number of nitrogen functional groups attached to an aromatic ring is 1. The van der Waals surface area contributed by atoms with Gasteiger partial charge in [0.15, 0.2) is 11.6 Å². The highest BCUT2D eigenvalue weighted by molar-refractivity contribution is 7.92. The number of rotatable bonds is 4. The van der Waals surface area contributed by atoms with Crippen LogP contribution in [0.5, 0.6) is 0 Å². The van der Waals surface area contributed by atoms with Crippen LogP contribution in [0.1, 0.15) is 0 Å². The topological polar surface area (TPSA) is 84.2 Å². The molecule has 0 aliphatic carbocycles. The maximum Gasteiger partial charge on any atom is 0.261 e. The van der Waals surface area contributed by atoms with E-state index >= 15 is 0 Å². The van der Waals surface area contributed by atoms with Crippen molar-refractivity contribution in [3.63, 3.8) is 0 Å². The molecule has 0 radical (unpaired) electrons. The molecule has 2 aromatic rings. The van der Waals surface area contributed by atoms with Crippen molar-refractivity contribution in [3.8, 4) is 0 Å². The van der Waals surface area contributed by atoms with Gasteiger partial charge < -0.3 is 5.43 Å². The van der Waals surface area contributed by atoms with Gasteiger partial charge >= 0.3 is 0 Å². The second kappa shape index (κ2) is 5.62. The van der Waals surface area contributed by atoms with E-state index in [0.29, 0.717) is 11.8 Å². The van der Waals surface area contributed by atoms with Gasteiger partial charge in [-0.05, 0) is 24.3 Å². The number of hydrogen-bond donors (Lipinski definition) is 3. The predicted molar refractivity (Wildman–Crippen MR) is 71.4 cm³/mol. The second-order valence-corrected chi connectivity index (χ2v) is 5.70. The molecule has 0 heterocycles. The van der Waals surface area contributed by atoms with Crippen LogP contribution in [0.25, 0.3) is 0 Å². The van der Waals surface area contributed by atoms with Gasteiger partial charge in [-0.2, -0.15) is 0 Å². The van der Waals surface area contributed by atoms with Crippen molar-refractivity contribution >= 4 is 21.4 Å². The first kappa shape index (κ1) is 15.1. The Bertz CT molecular complexity index is 764. The molecule has 0 spiro atoms. The quantitative estimate of drug-likeness (QED) is 0.458. The zero-order valence-corrected chi connectivity index (χ0v) is 11.2. The van der Waals surface area contributed by atoms with E-state index in [2.05, 4.69) is 5.43 Å². The fourth-order valence-corrected chi connectivity index (χ4v) is 2.59. The average molecular weight is 317 g/mol. The van der Waals surface area contributed by atoms with Crippen LogP contribution in [-0.2, 0) is 10.0 Å². The van der Waals surface area contributed by atoms with Crippen molar-refractivity contribution in [3.05, 3.63) is 53.8 Å². The summed E-state index contributed by atoms with van der Waals surface area (Å²) in [5.74, 6) is 1.14. The number of sulfonamides is 1.